The molecule has 0 amide bonds. The first kappa shape index (κ1) is 19.7. The zero-order chi connectivity index (χ0) is 16.1. The Kier molecular flexibility index (Phi) is 8.00. The van der Waals surface area contributed by atoms with Crippen LogP contribution in [0.4, 0.5) is 0 Å². The zero-order valence-corrected chi connectivity index (χ0v) is 18.0. The Hall–Kier alpha value is -0.632. The SMILES string of the molecule is [CH2-]C1CCCN1C.[W].c1cc(Cc2ccc3c(c2)CCS3)ccn1. The van der Waals surface area contributed by atoms with E-state index in [1.165, 1.54) is 53.1 Å². The average Bonchev–Trinajstić information content (AvgIpc) is 3.18. The fraction of sp³-hybridized carbons (Fsp3) is 0.400. The van der Waals surface area contributed by atoms with E-state index in [1.807, 2.05) is 24.2 Å². The summed E-state index contributed by atoms with van der Waals surface area (Å²) in [5, 5.41) is 0. The predicted octanol–water partition coefficient (Wildman–Crippen LogP) is 4.23. The number of aryl methyl sites for hydroxylation is 1. The first-order valence-corrected chi connectivity index (χ1v) is 9.38. The number of rotatable bonds is 2. The van der Waals surface area contributed by atoms with E-state index in [9.17, 15) is 0 Å². The van der Waals surface area contributed by atoms with Crippen molar-refractivity contribution in [3.05, 3.63) is 66.3 Å². The van der Waals surface area contributed by atoms with Crippen molar-refractivity contribution in [1.29, 1.82) is 0 Å². The summed E-state index contributed by atoms with van der Waals surface area (Å²) in [5.41, 5.74) is 4.27. The van der Waals surface area contributed by atoms with E-state index >= 15 is 0 Å². The number of likely N-dealkylation sites (tertiary alicyclic amines) is 1. The molecule has 0 spiro atoms. The molecule has 0 aliphatic carbocycles. The third-order valence-electron chi connectivity index (χ3n) is 4.58. The van der Waals surface area contributed by atoms with Crippen molar-refractivity contribution in [2.24, 2.45) is 0 Å². The van der Waals surface area contributed by atoms with E-state index in [4.69, 9.17) is 0 Å². The van der Waals surface area contributed by atoms with Crippen LogP contribution in [0.15, 0.2) is 47.6 Å². The number of fused-ring (bicyclic) bond motifs is 1. The van der Waals surface area contributed by atoms with E-state index in [2.05, 4.69) is 54.2 Å². The molecule has 2 aliphatic rings. The molecule has 1 aromatic carbocycles. The Labute approximate surface area is 164 Å². The second-order valence-corrected chi connectivity index (χ2v) is 7.49. The number of benzene rings is 1. The molecule has 24 heavy (non-hydrogen) atoms. The van der Waals surface area contributed by atoms with Crippen molar-refractivity contribution < 1.29 is 21.1 Å². The van der Waals surface area contributed by atoms with Crippen LogP contribution in [-0.2, 0) is 33.9 Å². The second kappa shape index (κ2) is 9.75. The molecule has 1 aromatic heterocycles. The topological polar surface area (TPSA) is 16.1 Å². The Morgan fingerprint density at radius 1 is 1.21 bits per heavy atom. The van der Waals surface area contributed by atoms with Gasteiger partial charge in [0.15, 0.2) is 0 Å². The fourth-order valence-electron chi connectivity index (χ4n) is 3.07. The van der Waals surface area contributed by atoms with E-state index in [0.717, 1.165) is 6.42 Å². The van der Waals surface area contributed by atoms with Gasteiger partial charge in [0.25, 0.3) is 0 Å². The van der Waals surface area contributed by atoms with Crippen LogP contribution >= 0.6 is 11.8 Å². The zero-order valence-electron chi connectivity index (χ0n) is 14.3. The fourth-order valence-corrected chi connectivity index (χ4v) is 4.12. The minimum atomic E-state index is 0. The van der Waals surface area contributed by atoms with Crippen molar-refractivity contribution >= 4 is 11.8 Å². The number of thioether (sulfide) groups is 1. The van der Waals surface area contributed by atoms with Crippen molar-refractivity contribution in [2.75, 3.05) is 19.3 Å². The molecule has 4 rings (SSSR count). The van der Waals surface area contributed by atoms with Gasteiger partial charge in [-0.25, -0.2) is 0 Å². The van der Waals surface area contributed by atoms with Gasteiger partial charge < -0.3 is 11.8 Å². The minimum Gasteiger partial charge on any atom is -0.333 e. The Bertz CT molecular complexity index is 625. The number of hydrogen-bond donors (Lipinski definition) is 0. The largest absolute Gasteiger partial charge is 0.333 e. The molecule has 1 atom stereocenters. The van der Waals surface area contributed by atoms with Crippen molar-refractivity contribution in [3.8, 4) is 0 Å². The van der Waals surface area contributed by atoms with Gasteiger partial charge in [0, 0.05) is 44.1 Å². The van der Waals surface area contributed by atoms with Gasteiger partial charge in [-0.3, -0.25) is 4.98 Å². The maximum atomic E-state index is 4.04. The summed E-state index contributed by atoms with van der Waals surface area (Å²) >= 11 is 1.97. The third-order valence-corrected chi connectivity index (χ3v) is 5.70. The Morgan fingerprint density at radius 2 is 2.00 bits per heavy atom. The van der Waals surface area contributed by atoms with E-state index < -0.39 is 0 Å². The summed E-state index contributed by atoms with van der Waals surface area (Å²) in [4.78, 5) is 7.80. The third kappa shape index (κ3) is 5.44. The van der Waals surface area contributed by atoms with E-state index in [1.54, 1.807) is 0 Å². The molecular weight excluding hydrogens is 484 g/mol. The van der Waals surface area contributed by atoms with Gasteiger partial charge in [-0.05, 0) is 67.7 Å². The molecule has 4 heteroatoms. The van der Waals surface area contributed by atoms with Crippen LogP contribution in [0.25, 0.3) is 0 Å². The van der Waals surface area contributed by atoms with Gasteiger partial charge in [-0.2, -0.15) is 0 Å². The Morgan fingerprint density at radius 3 is 2.62 bits per heavy atom. The standard InChI is InChI=1S/C14H13NS.C6H12N.W/c1-2-14-13(5-8-16-14)10-12(1)9-11-3-6-15-7-4-11;1-6-4-3-5-7(6)2;/h1-4,6-7,10H,5,8-9H2;6H,1,3-5H2,2H3;/q;-1;. The smallest absolute Gasteiger partial charge is 0.0270 e. The minimum absolute atomic E-state index is 0. The molecular formula is C20H25N2SW-. The van der Waals surface area contributed by atoms with Crippen LogP contribution in [0.2, 0.25) is 0 Å². The normalized spacial score (nSPS) is 19.2. The van der Waals surface area contributed by atoms with Crippen LogP contribution in [0, 0.1) is 6.92 Å². The summed E-state index contributed by atoms with van der Waals surface area (Å²) in [5.74, 6) is 1.24. The number of nitrogens with zero attached hydrogens (tertiary/aromatic N) is 2. The van der Waals surface area contributed by atoms with E-state index in [0.29, 0.717) is 6.04 Å². The molecule has 1 fully saturated rings. The van der Waals surface area contributed by atoms with Gasteiger partial charge in [0.1, 0.15) is 0 Å². The molecule has 128 valence electrons. The molecule has 1 unspecified atom stereocenters. The van der Waals surface area contributed by atoms with Gasteiger partial charge in [0.05, 0.1) is 0 Å². The maximum absolute atomic E-state index is 4.04. The van der Waals surface area contributed by atoms with E-state index in [-0.39, 0.29) is 21.1 Å². The molecule has 0 bridgehead atoms. The number of aromatic nitrogens is 1. The summed E-state index contributed by atoms with van der Waals surface area (Å²) in [6.07, 6.45) is 8.59. The van der Waals surface area contributed by atoms with Gasteiger partial charge in [-0.1, -0.05) is 18.6 Å². The van der Waals surface area contributed by atoms with Crippen molar-refractivity contribution in [1.82, 2.24) is 9.88 Å². The van der Waals surface area contributed by atoms with Gasteiger partial charge in [-0.15, -0.1) is 17.8 Å². The summed E-state index contributed by atoms with van der Waals surface area (Å²) < 4.78 is 0. The van der Waals surface area contributed by atoms with Gasteiger partial charge in [0.2, 0.25) is 0 Å². The molecule has 2 aromatic rings. The summed E-state index contributed by atoms with van der Waals surface area (Å²) in [6, 6.07) is 11.6. The number of hydrogen-bond acceptors (Lipinski definition) is 3. The molecule has 1 saturated heterocycles. The first-order valence-electron chi connectivity index (χ1n) is 8.39. The predicted molar refractivity (Wildman–Crippen MR) is 98.9 cm³/mol. The molecule has 3 heterocycles. The van der Waals surface area contributed by atoms with Crippen molar-refractivity contribution in [3.63, 3.8) is 0 Å². The van der Waals surface area contributed by atoms with Crippen LogP contribution in [0.1, 0.15) is 29.5 Å². The number of pyridine rings is 1. The molecule has 2 nitrogen and oxygen atoms in total. The van der Waals surface area contributed by atoms with Crippen LogP contribution in [0.5, 0.6) is 0 Å². The average molecular weight is 509 g/mol. The molecule has 2 aliphatic heterocycles. The monoisotopic (exact) mass is 509 g/mol. The Balaban J connectivity index is 0.000000222. The summed E-state index contributed by atoms with van der Waals surface area (Å²) in [6.45, 7) is 5.19. The second-order valence-electron chi connectivity index (χ2n) is 6.35. The van der Waals surface area contributed by atoms with Crippen molar-refractivity contribution in [2.45, 2.75) is 36.6 Å². The molecule has 0 saturated carbocycles. The van der Waals surface area contributed by atoms with Gasteiger partial charge >= 0.3 is 0 Å². The first-order chi connectivity index (χ1) is 11.2. The summed E-state index contributed by atoms with van der Waals surface area (Å²) in [7, 11) is 2.13. The molecule has 0 N–H and O–H groups in total. The molecule has 0 radical (unpaired) electrons. The van der Waals surface area contributed by atoms with Crippen LogP contribution < -0.4 is 0 Å². The quantitative estimate of drug-likeness (QED) is 0.564. The van der Waals surface area contributed by atoms with Crippen LogP contribution in [0.3, 0.4) is 0 Å². The maximum Gasteiger partial charge on any atom is 0.0270 e. The van der Waals surface area contributed by atoms with Crippen LogP contribution in [-0.4, -0.2) is 35.3 Å².